The Labute approximate surface area is 176 Å². The van der Waals surface area contributed by atoms with E-state index in [1.807, 2.05) is 26.1 Å². The summed E-state index contributed by atoms with van der Waals surface area (Å²) in [6, 6.07) is 3.10. The first-order chi connectivity index (χ1) is 14.5. The van der Waals surface area contributed by atoms with Crippen molar-refractivity contribution in [2.24, 2.45) is 0 Å². The Morgan fingerprint density at radius 2 is 1.93 bits per heavy atom. The minimum absolute atomic E-state index is 0.253. The average molecular weight is 427 g/mol. The molecule has 0 aliphatic carbocycles. The molecule has 0 saturated carbocycles. The van der Waals surface area contributed by atoms with Crippen molar-refractivity contribution in [1.29, 1.82) is 0 Å². The lowest BCUT2D eigenvalue weighted by Gasteiger charge is -2.17. The molecule has 0 aliphatic rings. The number of urea groups is 1. The smallest absolute Gasteiger partial charge is 0.323 e. The zero-order valence-corrected chi connectivity index (χ0v) is 17.3. The predicted molar refractivity (Wildman–Crippen MR) is 112 cm³/mol. The summed E-state index contributed by atoms with van der Waals surface area (Å²) in [5, 5.41) is 18.2. The van der Waals surface area contributed by atoms with Crippen molar-refractivity contribution in [3.05, 3.63) is 59.3 Å². The van der Waals surface area contributed by atoms with Crippen LogP contribution in [-0.2, 0) is 4.74 Å². The number of anilines is 2. The van der Waals surface area contributed by atoms with E-state index in [0.717, 1.165) is 16.6 Å². The van der Waals surface area contributed by atoms with Crippen molar-refractivity contribution >= 4 is 34.5 Å². The molecule has 2 N–H and O–H groups in total. The third kappa shape index (κ3) is 3.82. The Kier molecular flexibility index (Phi) is 5.34. The van der Waals surface area contributed by atoms with Crippen LogP contribution in [0.5, 0.6) is 0 Å². The second-order valence-corrected chi connectivity index (χ2v) is 7.03. The fraction of sp³-hybridized carbons (Fsp3) is 0.211. The highest BCUT2D eigenvalue weighted by molar-refractivity contribution is 6.32. The summed E-state index contributed by atoms with van der Waals surface area (Å²) in [6.45, 7) is 3.89. The van der Waals surface area contributed by atoms with Gasteiger partial charge < -0.3 is 15.4 Å². The number of nitrogens with zero attached hydrogens (tertiary/aromatic N) is 6. The number of aromatic nitrogens is 6. The number of hydrogen-bond donors (Lipinski definition) is 2. The monoisotopic (exact) mass is 426 g/mol. The van der Waals surface area contributed by atoms with Crippen LogP contribution in [-0.4, -0.2) is 42.7 Å². The van der Waals surface area contributed by atoms with Gasteiger partial charge in [0.15, 0.2) is 5.82 Å². The SMILES string of the molecule is CO[C@@H](C)c1c(NC(=O)Nc2cnc(-n3nccn3)c(Cl)c2)cnn2cc(C)cc12. The Hall–Kier alpha value is -3.50. The zero-order chi connectivity index (χ0) is 21.3. The minimum atomic E-state index is -0.461. The topological polar surface area (TPSA) is 111 Å². The van der Waals surface area contributed by atoms with Crippen LogP contribution in [0.3, 0.4) is 0 Å². The van der Waals surface area contributed by atoms with E-state index in [9.17, 15) is 4.79 Å². The van der Waals surface area contributed by atoms with Gasteiger partial charge in [-0.15, -0.1) is 4.80 Å². The number of rotatable bonds is 5. The Bertz CT molecular complexity index is 1200. The normalized spacial score (nSPS) is 12.1. The van der Waals surface area contributed by atoms with Gasteiger partial charge in [0.05, 0.1) is 52.8 Å². The summed E-state index contributed by atoms with van der Waals surface area (Å²) >= 11 is 6.25. The van der Waals surface area contributed by atoms with Crippen LogP contribution in [0.2, 0.25) is 5.02 Å². The van der Waals surface area contributed by atoms with Gasteiger partial charge in [-0.3, -0.25) is 0 Å². The maximum Gasteiger partial charge on any atom is 0.323 e. The number of pyridine rings is 1. The molecule has 4 heterocycles. The van der Waals surface area contributed by atoms with E-state index in [-0.39, 0.29) is 6.10 Å². The maximum atomic E-state index is 12.6. The molecule has 0 aliphatic heterocycles. The molecule has 0 bridgehead atoms. The summed E-state index contributed by atoms with van der Waals surface area (Å²) < 4.78 is 7.26. The molecule has 11 heteroatoms. The first-order valence-electron chi connectivity index (χ1n) is 9.07. The quantitative estimate of drug-likeness (QED) is 0.504. The second kappa shape index (κ2) is 8.09. The largest absolute Gasteiger partial charge is 0.377 e. The lowest BCUT2D eigenvalue weighted by molar-refractivity contribution is 0.121. The summed E-state index contributed by atoms with van der Waals surface area (Å²) in [5.74, 6) is 0.363. The van der Waals surface area contributed by atoms with E-state index < -0.39 is 6.03 Å². The standard InChI is InChI=1S/C19H19ClN8O2/c1-11-6-16-17(12(2)30-3)15(9-24-27(16)10-11)26-19(29)25-13-7-14(20)18(21-8-13)28-22-4-5-23-28/h4-10,12H,1-3H3,(H2,25,26,29)/t12-/m0/s1. The maximum absolute atomic E-state index is 12.6. The molecule has 0 fully saturated rings. The van der Waals surface area contributed by atoms with Gasteiger partial charge in [0.2, 0.25) is 0 Å². The van der Waals surface area contributed by atoms with Crippen LogP contribution in [0.15, 0.2) is 43.1 Å². The molecule has 30 heavy (non-hydrogen) atoms. The molecule has 2 amide bonds. The molecular formula is C19H19ClN8O2. The van der Waals surface area contributed by atoms with Gasteiger partial charge in [-0.25, -0.2) is 14.3 Å². The van der Waals surface area contributed by atoms with Crippen LogP contribution >= 0.6 is 11.6 Å². The van der Waals surface area contributed by atoms with Crippen molar-refractivity contribution in [2.75, 3.05) is 17.7 Å². The van der Waals surface area contributed by atoms with Crippen molar-refractivity contribution < 1.29 is 9.53 Å². The molecule has 1 atom stereocenters. The molecule has 0 saturated heterocycles. The molecule has 4 rings (SSSR count). The molecule has 10 nitrogen and oxygen atoms in total. The Morgan fingerprint density at radius 3 is 2.63 bits per heavy atom. The highest BCUT2D eigenvalue weighted by atomic mass is 35.5. The number of methoxy groups -OCH3 is 1. The van der Waals surface area contributed by atoms with Gasteiger partial charge in [-0.2, -0.15) is 15.3 Å². The molecular weight excluding hydrogens is 408 g/mol. The average Bonchev–Trinajstić information content (AvgIpc) is 3.36. The number of halogens is 1. The van der Waals surface area contributed by atoms with Crippen molar-refractivity contribution in [2.45, 2.75) is 20.0 Å². The van der Waals surface area contributed by atoms with Gasteiger partial charge in [-0.1, -0.05) is 11.6 Å². The third-order valence-corrected chi connectivity index (χ3v) is 4.79. The summed E-state index contributed by atoms with van der Waals surface area (Å²) in [5.41, 5.74) is 3.71. The van der Waals surface area contributed by atoms with Crippen LogP contribution in [0.4, 0.5) is 16.2 Å². The van der Waals surface area contributed by atoms with E-state index in [0.29, 0.717) is 22.2 Å². The van der Waals surface area contributed by atoms with Crippen molar-refractivity contribution in [3.63, 3.8) is 0 Å². The number of hydrogen-bond acceptors (Lipinski definition) is 6. The van der Waals surface area contributed by atoms with Gasteiger partial charge in [0.1, 0.15) is 0 Å². The van der Waals surface area contributed by atoms with Gasteiger partial charge in [0.25, 0.3) is 0 Å². The lowest BCUT2D eigenvalue weighted by Crippen LogP contribution is -2.21. The molecule has 0 spiro atoms. The number of carbonyl (C=O) groups excluding carboxylic acids is 1. The number of amides is 2. The van der Waals surface area contributed by atoms with Gasteiger partial charge in [0, 0.05) is 18.9 Å². The fourth-order valence-electron chi connectivity index (χ4n) is 3.11. The van der Waals surface area contributed by atoms with E-state index in [4.69, 9.17) is 16.3 Å². The summed E-state index contributed by atoms with van der Waals surface area (Å²) in [4.78, 5) is 18.1. The van der Waals surface area contributed by atoms with E-state index >= 15 is 0 Å². The predicted octanol–water partition coefficient (Wildman–Crippen LogP) is 3.62. The molecule has 0 unspecified atom stereocenters. The molecule has 4 aromatic rings. The highest BCUT2D eigenvalue weighted by Crippen LogP contribution is 2.30. The van der Waals surface area contributed by atoms with Crippen LogP contribution in [0.1, 0.15) is 24.2 Å². The highest BCUT2D eigenvalue weighted by Gasteiger charge is 2.18. The van der Waals surface area contributed by atoms with E-state index in [2.05, 4.69) is 30.9 Å². The molecule has 0 aromatic carbocycles. The van der Waals surface area contributed by atoms with E-state index in [1.54, 1.807) is 23.9 Å². The first kappa shape index (κ1) is 19.8. The van der Waals surface area contributed by atoms with Crippen LogP contribution < -0.4 is 10.6 Å². The van der Waals surface area contributed by atoms with Crippen LogP contribution in [0, 0.1) is 6.92 Å². The Morgan fingerprint density at radius 1 is 1.17 bits per heavy atom. The lowest BCUT2D eigenvalue weighted by atomic mass is 10.1. The number of aryl methyl sites for hydroxylation is 1. The second-order valence-electron chi connectivity index (χ2n) is 6.62. The summed E-state index contributed by atoms with van der Waals surface area (Å²) in [6.07, 6.45) is 7.77. The number of fused-ring (bicyclic) bond motifs is 1. The Balaban J connectivity index is 1.57. The first-order valence-corrected chi connectivity index (χ1v) is 9.45. The molecule has 154 valence electrons. The van der Waals surface area contributed by atoms with E-state index in [1.165, 1.54) is 23.4 Å². The van der Waals surface area contributed by atoms with Crippen molar-refractivity contribution in [3.8, 4) is 5.82 Å². The minimum Gasteiger partial charge on any atom is -0.377 e. The molecule has 4 aromatic heterocycles. The molecule has 0 radical (unpaired) electrons. The number of nitrogens with one attached hydrogen (secondary N) is 2. The van der Waals surface area contributed by atoms with Gasteiger partial charge in [-0.05, 0) is 31.5 Å². The number of ether oxygens (including phenoxy) is 1. The third-order valence-electron chi connectivity index (χ3n) is 4.51. The number of carbonyl (C=O) groups is 1. The fourth-order valence-corrected chi connectivity index (χ4v) is 3.35. The summed E-state index contributed by atoms with van der Waals surface area (Å²) in [7, 11) is 1.62. The van der Waals surface area contributed by atoms with Gasteiger partial charge >= 0.3 is 6.03 Å². The zero-order valence-electron chi connectivity index (χ0n) is 16.5. The van der Waals surface area contributed by atoms with Crippen LogP contribution in [0.25, 0.3) is 11.3 Å². The van der Waals surface area contributed by atoms with Crippen molar-refractivity contribution in [1.82, 2.24) is 29.6 Å².